The molecule has 0 bridgehead atoms. The predicted octanol–water partition coefficient (Wildman–Crippen LogP) is 3.88. The van der Waals surface area contributed by atoms with Gasteiger partial charge in [0.25, 0.3) is 0 Å². The molecule has 0 amide bonds. The van der Waals surface area contributed by atoms with Crippen LogP contribution in [0.4, 0.5) is 13.2 Å². The Morgan fingerprint density at radius 2 is 1.64 bits per heavy atom. The van der Waals surface area contributed by atoms with Gasteiger partial charge in [0.1, 0.15) is 10.6 Å². The van der Waals surface area contributed by atoms with Crippen molar-refractivity contribution in [1.29, 1.82) is 0 Å². The average Bonchev–Trinajstić information content (AvgIpc) is 2.52. The van der Waals surface area contributed by atoms with Crippen LogP contribution in [-0.2, 0) is 16.4 Å². The average molecular weight is 373 g/mol. The number of alkyl halides is 3. The SMILES string of the molecule is CC(CCc1ccccc1)NS(=O)(=O)c1ccccc1OC(F)(F)F. The Hall–Kier alpha value is -2.06. The van der Waals surface area contributed by atoms with Gasteiger partial charge in [-0.3, -0.25) is 0 Å². The first-order valence-electron chi connectivity index (χ1n) is 7.58. The van der Waals surface area contributed by atoms with Gasteiger partial charge in [-0.15, -0.1) is 13.2 Å². The number of para-hydroxylation sites is 1. The maximum absolute atomic E-state index is 12.4. The van der Waals surface area contributed by atoms with E-state index in [9.17, 15) is 21.6 Å². The summed E-state index contributed by atoms with van der Waals surface area (Å²) < 4.78 is 68.3. The van der Waals surface area contributed by atoms with Crippen LogP contribution in [0.2, 0.25) is 0 Å². The molecule has 0 heterocycles. The van der Waals surface area contributed by atoms with E-state index in [0.29, 0.717) is 12.8 Å². The van der Waals surface area contributed by atoms with Gasteiger partial charge in [-0.2, -0.15) is 0 Å². The van der Waals surface area contributed by atoms with E-state index < -0.39 is 33.1 Å². The minimum absolute atomic E-state index is 0.454. The first kappa shape index (κ1) is 19.3. The number of nitrogens with one attached hydrogen (secondary N) is 1. The van der Waals surface area contributed by atoms with Crippen molar-refractivity contribution in [1.82, 2.24) is 4.72 Å². The van der Waals surface area contributed by atoms with Crippen LogP contribution in [0.1, 0.15) is 18.9 Å². The Morgan fingerprint density at radius 3 is 2.28 bits per heavy atom. The lowest BCUT2D eigenvalue weighted by Gasteiger charge is -2.17. The Balaban J connectivity index is 2.08. The Bertz CT molecular complexity index is 792. The van der Waals surface area contributed by atoms with Crippen LogP contribution in [0.3, 0.4) is 0 Å². The Labute approximate surface area is 144 Å². The molecule has 0 fully saturated rings. The molecule has 1 unspecified atom stereocenters. The smallest absolute Gasteiger partial charge is 0.404 e. The summed E-state index contributed by atoms with van der Waals surface area (Å²) in [6.45, 7) is 1.66. The molecule has 136 valence electrons. The molecule has 0 aliphatic carbocycles. The molecule has 0 aliphatic rings. The van der Waals surface area contributed by atoms with Crippen LogP contribution in [0.5, 0.6) is 5.75 Å². The number of benzene rings is 2. The van der Waals surface area contributed by atoms with Crippen LogP contribution in [0, 0.1) is 0 Å². The molecule has 0 radical (unpaired) electrons. The van der Waals surface area contributed by atoms with Crippen molar-refractivity contribution in [3.05, 3.63) is 60.2 Å². The van der Waals surface area contributed by atoms with Gasteiger partial charge in [0.05, 0.1) is 0 Å². The molecule has 2 rings (SSSR count). The highest BCUT2D eigenvalue weighted by Crippen LogP contribution is 2.29. The van der Waals surface area contributed by atoms with E-state index in [-0.39, 0.29) is 0 Å². The van der Waals surface area contributed by atoms with E-state index in [1.807, 2.05) is 30.3 Å². The normalized spacial score (nSPS) is 13.4. The summed E-state index contributed by atoms with van der Waals surface area (Å²) in [5.41, 5.74) is 1.05. The topological polar surface area (TPSA) is 55.4 Å². The van der Waals surface area contributed by atoms with Crippen molar-refractivity contribution in [3.8, 4) is 5.75 Å². The van der Waals surface area contributed by atoms with Gasteiger partial charge < -0.3 is 4.74 Å². The van der Waals surface area contributed by atoms with Gasteiger partial charge >= 0.3 is 6.36 Å². The Kier molecular flexibility index (Phi) is 6.07. The predicted molar refractivity (Wildman–Crippen MR) is 87.7 cm³/mol. The Morgan fingerprint density at radius 1 is 1.04 bits per heavy atom. The maximum atomic E-state index is 12.4. The number of hydrogen-bond acceptors (Lipinski definition) is 3. The highest BCUT2D eigenvalue weighted by molar-refractivity contribution is 7.89. The van der Waals surface area contributed by atoms with Gasteiger partial charge in [-0.25, -0.2) is 13.1 Å². The van der Waals surface area contributed by atoms with Gasteiger partial charge in [-0.05, 0) is 37.5 Å². The molecule has 25 heavy (non-hydrogen) atoms. The molecule has 2 aromatic carbocycles. The zero-order valence-electron chi connectivity index (χ0n) is 13.5. The van der Waals surface area contributed by atoms with E-state index >= 15 is 0 Å². The molecule has 1 atom stereocenters. The summed E-state index contributed by atoms with van der Waals surface area (Å²) in [6, 6.07) is 13.7. The third kappa shape index (κ3) is 6.06. The summed E-state index contributed by atoms with van der Waals surface area (Å²) in [4.78, 5) is -0.543. The van der Waals surface area contributed by atoms with Gasteiger partial charge in [0.2, 0.25) is 10.0 Å². The van der Waals surface area contributed by atoms with Crippen LogP contribution >= 0.6 is 0 Å². The molecule has 2 aromatic rings. The first-order chi connectivity index (χ1) is 11.7. The summed E-state index contributed by atoms with van der Waals surface area (Å²) >= 11 is 0. The number of ether oxygens (including phenoxy) is 1. The largest absolute Gasteiger partial charge is 0.573 e. The highest BCUT2D eigenvalue weighted by Gasteiger charge is 2.34. The molecule has 0 saturated heterocycles. The second-order valence-corrected chi connectivity index (χ2v) is 7.22. The second kappa shape index (κ2) is 7.88. The van der Waals surface area contributed by atoms with E-state index in [2.05, 4.69) is 9.46 Å². The van der Waals surface area contributed by atoms with E-state index in [4.69, 9.17) is 0 Å². The van der Waals surface area contributed by atoms with Crippen molar-refractivity contribution >= 4 is 10.0 Å². The van der Waals surface area contributed by atoms with E-state index in [1.54, 1.807) is 6.92 Å². The molecule has 8 heteroatoms. The maximum Gasteiger partial charge on any atom is 0.573 e. The van der Waals surface area contributed by atoms with Crippen LogP contribution in [-0.4, -0.2) is 20.8 Å². The summed E-state index contributed by atoms with van der Waals surface area (Å²) in [7, 11) is -4.14. The van der Waals surface area contributed by atoms with Crippen LogP contribution in [0.25, 0.3) is 0 Å². The second-order valence-electron chi connectivity index (χ2n) is 5.54. The van der Waals surface area contributed by atoms with Gasteiger partial charge in [-0.1, -0.05) is 42.5 Å². The summed E-state index contributed by atoms with van der Waals surface area (Å²) in [5, 5.41) is 0. The summed E-state index contributed by atoms with van der Waals surface area (Å²) in [6.07, 6.45) is -3.82. The van der Waals surface area contributed by atoms with Crippen molar-refractivity contribution < 1.29 is 26.3 Å². The highest BCUT2D eigenvalue weighted by atomic mass is 32.2. The number of rotatable bonds is 7. The standard InChI is InChI=1S/C17H18F3NO3S/c1-13(11-12-14-7-3-2-4-8-14)21-25(22,23)16-10-6-5-9-15(16)24-17(18,19)20/h2-10,13,21H,11-12H2,1H3. The zero-order chi connectivity index (χ0) is 18.5. The minimum atomic E-state index is -4.97. The molecule has 0 spiro atoms. The van der Waals surface area contributed by atoms with Crippen molar-refractivity contribution in [2.75, 3.05) is 0 Å². The van der Waals surface area contributed by atoms with Crippen LogP contribution < -0.4 is 9.46 Å². The van der Waals surface area contributed by atoms with Crippen molar-refractivity contribution in [2.24, 2.45) is 0 Å². The van der Waals surface area contributed by atoms with Gasteiger partial charge in [0, 0.05) is 6.04 Å². The molecule has 4 nitrogen and oxygen atoms in total. The fourth-order valence-corrected chi connectivity index (χ4v) is 3.70. The third-order valence-corrected chi connectivity index (χ3v) is 5.06. The molecule has 0 aromatic heterocycles. The lowest BCUT2D eigenvalue weighted by molar-refractivity contribution is -0.275. The lowest BCUT2D eigenvalue weighted by Crippen LogP contribution is -2.33. The van der Waals surface area contributed by atoms with Crippen molar-refractivity contribution in [2.45, 2.75) is 37.1 Å². The molecule has 0 saturated carbocycles. The first-order valence-corrected chi connectivity index (χ1v) is 9.07. The van der Waals surface area contributed by atoms with Crippen LogP contribution in [0.15, 0.2) is 59.5 Å². The third-order valence-electron chi connectivity index (χ3n) is 3.43. The molecule has 1 N–H and O–H groups in total. The van der Waals surface area contributed by atoms with E-state index in [0.717, 1.165) is 17.7 Å². The number of halogens is 3. The zero-order valence-corrected chi connectivity index (χ0v) is 14.3. The molecule has 0 aliphatic heterocycles. The number of sulfonamides is 1. The monoisotopic (exact) mass is 373 g/mol. The lowest BCUT2D eigenvalue weighted by atomic mass is 10.1. The summed E-state index contributed by atoms with van der Waals surface area (Å²) in [5.74, 6) is -0.752. The van der Waals surface area contributed by atoms with Gasteiger partial charge in [0.15, 0.2) is 0 Å². The quantitative estimate of drug-likeness (QED) is 0.801. The van der Waals surface area contributed by atoms with E-state index in [1.165, 1.54) is 12.1 Å². The number of hydrogen-bond donors (Lipinski definition) is 1. The number of aryl methyl sites for hydroxylation is 1. The molecular formula is C17H18F3NO3S. The molecular weight excluding hydrogens is 355 g/mol. The van der Waals surface area contributed by atoms with Crippen molar-refractivity contribution in [3.63, 3.8) is 0 Å². The minimum Gasteiger partial charge on any atom is -0.404 e. The fourth-order valence-electron chi connectivity index (χ4n) is 2.30. The fraction of sp³-hybridized carbons (Fsp3) is 0.294.